The average Bonchev–Trinajstić information content (AvgIpc) is 2.53. The number of hydrogen-bond acceptors (Lipinski definition) is 3. The van der Waals surface area contributed by atoms with Gasteiger partial charge in [-0.25, -0.2) is 8.78 Å². The number of hydrogen-bond donors (Lipinski definition) is 3. The van der Waals surface area contributed by atoms with E-state index in [4.69, 9.17) is 0 Å². The third-order valence-electron chi connectivity index (χ3n) is 3.73. The molecule has 1 amide bonds. The lowest BCUT2D eigenvalue weighted by molar-refractivity contribution is -0.126. The molecule has 0 heterocycles. The molecule has 2 atom stereocenters. The van der Waals surface area contributed by atoms with Gasteiger partial charge in [-0.05, 0) is 24.6 Å². The second-order valence-electron chi connectivity index (χ2n) is 5.77. The van der Waals surface area contributed by atoms with Crippen LogP contribution < -0.4 is 5.32 Å². The molecular formula is C18H19F2NO3. The van der Waals surface area contributed by atoms with Gasteiger partial charge in [0, 0.05) is 6.54 Å². The van der Waals surface area contributed by atoms with Crippen molar-refractivity contribution in [3.05, 3.63) is 71.3 Å². The molecule has 2 aromatic carbocycles. The Morgan fingerprint density at radius 1 is 1.12 bits per heavy atom. The first-order valence-electron chi connectivity index (χ1n) is 7.48. The Bertz CT molecular complexity index is 684. The van der Waals surface area contributed by atoms with E-state index < -0.39 is 34.8 Å². The Hall–Kier alpha value is -2.31. The van der Waals surface area contributed by atoms with Crippen LogP contribution in [0.1, 0.15) is 30.6 Å². The maximum absolute atomic E-state index is 13.6. The fraction of sp³-hybridized carbons (Fsp3) is 0.278. The Labute approximate surface area is 138 Å². The number of halogens is 2. The van der Waals surface area contributed by atoms with Crippen molar-refractivity contribution in [2.75, 3.05) is 6.54 Å². The van der Waals surface area contributed by atoms with E-state index in [2.05, 4.69) is 5.32 Å². The lowest BCUT2D eigenvalue weighted by Crippen LogP contribution is -2.35. The summed E-state index contributed by atoms with van der Waals surface area (Å²) in [5, 5.41) is 22.7. The highest BCUT2D eigenvalue weighted by molar-refractivity contribution is 5.77. The summed E-state index contributed by atoms with van der Waals surface area (Å²) in [5.74, 6) is -2.30. The number of carbonyl (C=O) groups is 1. The van der Waals surface area contributed by atoms with Gasteiger partial charge in [0.1, 0.15) is 17.7 Å². The van der Waals surface area contributed by atoms with Crippen molar-refractivity contribution in [1.29, 1.82) is 0 Å². The topological polar surface area (TPSA) is 69.6 Å². The first kappa shape index (κ1) is 18.0. The smallest absolute Gasteiger partial charge is 0.223 e. The zero-order valence-corrected chi connectivity index (χ0v) is 13.2. The fourth-order valence-corrected chi connectivity index (χ4v) is 2.42. The van der Waals surface area contributed by atoms with E-state index in [9.17, 15) is 23.8 Å². The van der Waals surface area contributed by atoms with Gasteiger partial charge in [-0.15, -0.1) is 0 Å². The van der Waals surface area contributed by atoms with Crippen LogP contribution in [0, 0.1) is 11.6 Å². The zero-order valence-electron chi connectivity index (χ0n) is 13.2. The quantitative estimate of drug-likeness (QED) is 0.759. The average molecular weight is 335 g/mol. The van der Waals surface area contributed by atoms with Crippen molar-refractivity contribution in [1.82, 2.24) is 5.32 Å². The molecule has 0 saturated heterocycles. The van der Waals surface area contributed by atoms with Gasteiger partial charge >= 0.3 is 0 Å². The van der Waals surface area contributed by atoms with Gasteiger partial charge in [0.15, 0.2) is 0 Å². The highest BCUT2D eigenvalue weighted by Gasteiger charge is 2.27. The summed E-state index contributed by atoms with van der Waals surface area (Å²) in [6.45, 7) is 1.14. The minimum atomic E-state index is -1.52. The lowest BCUT2D eigenvalue weighted by Gasteiger charge is -2.23. The van der Waals surface area contributed by atoms with Gasteiger partial charge in [-0.3, -0.25) is 4.79 Å². The van der Waals surface area contributed by atoms with Crippen LogP contribution in [-0.4, -0.2) is 22.7 Å². The Morgan fingerprint density at radius 2 is 1.71 bits per heavy atom. The predicted molar refractivity (Wildman–Crippen MR) is 85.0 cm³/mol. The van der Waals surface area contributed by atoms with Crippen molar-refractivity contribution in [2.45, 2.75) is 25.0 Å². The molecule has 0 aliphatic rings. The molecule has 0 fully saturated rings. The lowest BCUT2D eigenvalue weighted by atomic mass is 9.92. The Morgan fingerprint density at radius 3 is 2.29 bits per heavy atom. The Kier molecular flexibility index (Phi) is 5.64. The molecule has 0 aliphatic carbocycles. The predicted octanol–water partition coefficient (Wildman–Crippen LogP) is 2.41. The van der Waals surface area contributed by atoms with Crippen LogP contribution >= 0.6 is 0 Å². The van der Waals surface area contributed by atoms with Crippen LogP contribution in [0.5, 0.6) is 0 Å². The van der Waals surface area contributed by atoms with Crippen LogP contribution in [0.15, 0.2) is 48.5 Å². The van der Waals surface area contributed by atoms with Gasteiger partial charge in [-0.1, -0.05) is 36.4 Å². The molecule has 0 spiro atoms. The van der Waals surface area contributed by atoms with E-state index in [1.807, 2.05) is 0 Å². The van der Waals surface area contributed by atoms with Crippen molar-refractivity contribution < 1.29 is 23.8 Å². The summed E-state index contributed by atoms with van der Waals surface area (Å²) in [5.41, 5.74) is -1.31. The molecule has 0 aromatic heterocycles. The molecule has 2 rings (SSSR count). The van der Waals surface area contributed by atoms with E-state index in [1.165, 1.54) is 13.0 Å². The molecule has 0 aliphatic heterocycles. The first-order valence-corrected chi connectivity index (χ1v) is 7.48. The molecule has 24 heavy (non-hydrogen) atoms. The molecule has 6 heteroatoms. The van der Waals surface area contributed by atoms with Crippen molar-refractivity contribution in [3.63, 3.8) is 0 Å². The van der Waals surface area contributed by atoms with E-state index in [-0.39, 0.29) is 13.0 Å². The van der Waals surface area contributed by atoms with E-state index in [1.54, 1.807) is 30.3 Å². The van der Waals surface area contributed by atoms with E-state index in [0.29, 0.717) is 5.56 Å². The van der Waals surface area contributed by atoms with Gasteiger partial charge < -0.3 is 15.5 Å². The van der Waals surface area contributed by atoms with E-state index >= 15 is 0 Å². The summed E-state index contributed by atoms with van der Waals surface area (Å²) in [6.07, 6.45) is -1.76. The van der Waals surface area contributed by atoms with Gasteiger partial charge in [0.05, 0.1) is 17.6 Å². The monoisotopic (exact) mass is 335 g/mol. The van der Waals surface area contributed by atoms with Crippen molar-refractivity contribution in [2.24, 2.45) is 0 Å². The van der Waals surface area contributed by atoms with Crippen LogP contribution in [0.4, 0.5) is 8.78 Å². The minimum absolute atomic E-state index is 0.247. The largest absolute Gasteiger partial charge is 0.386 e. The van der Waals surface area contributed by atoms with Gasteiger partial charge in [0.25, 0.3) is 0 Å². The minimum Gasteiger partial charge on any atom is -0.386 e. The highest BCUT2D eigenvalue weighted by atomic mass is 19.1. The number of rotatable bonds is 6. The molecule has 0 radical (unpaired) electrons. The molecule has 3 N–H and O–H groups in total. The van der Waals surface area contributed by atoms with Crippen LogP contribution in [0.3, 0.4) is 0 Å². The van der Waals surface area contributed by atoms with Gasteiger partial charge in [-0.2, -0.15) is 0 Å². The maximum Gasteiger partial charge on any atom is 0.223 e. The normalized spacial score (nSPS) is 14.7. The zero-order chi connectivity index (χ0) is 17.7. The van der Waals surface area contributed by atoms with Crippen LogP contribution in [-0.2, 0) is 10.4 Å². The third kappa shape index (κ3) is 4.37. The number of amides is 1. The number of aliphatic hydroxyl groups excluding tert-OH is 1. The second-order valence-corrected chi connectivity index (χ2v) is 5.77. The molecular weight excluding hydrogens is 316 g/mol. The molecule has 4 nitrogen and oxygen atoms in total. The SMILES string of the molecule is CC(O)(CC(=O)NCC(O)c1c(F)cccc1F)c1ccccc1. The van der Waals surface area contributed by atoms with Gasteiger partial charge in [0.2, 0.25) is 5.91 Å². The standard InChI is InChI=1S/C18H19F2NO3/c1-18(24,12-6-3-2-4-7-12)10-16(23)21-11-15(22)17-13(19)8-5-9-14(17)20/h2-9,15,22,24H,10-11H2,1H3,(H,21,23). The fourth-order valence-electron chi connectivity index (χ4n) is 2.42. The molecule has 2 aromatic rings. The third-order valence-corrected chi connectivity index (χ3v) is 3.73. The summed E-state index contributed by atoms with van der Waals surface area (Å²) < 4.78 is 27.1. The molecule has 128 valence electrons. The molecule has 2 unspecified atom stereocenters. The highest BCUT2D eigenvalue weighted by Crippen LogP contribution is 2.24. The van der Waals surface area contributed by atoms with Crippen molar-refractivity contribution in [3.8, 4) is 0 Å². The summed E-state index contributed by atoms with van der Waals surface area (Å²) >= 11 is 0. The number of carbonyl (C=O) groups excluding carboxylic acids is 1. The summed E-state index contributed by atoms with van der Waals surface area (Å²) in [7, 11) is 0. The summed E-state index contributed by atoms with van der Waals surface area (Å²) in [4.78, 5) is 12.0. The van der Waals surface area contributed by atoms with Crippen LogP contribution in [0.2, 0.25) is 0 Å². The first-order chi connectivity index (χ1) is 11.3. The number of aliphatic hydroxyl groups is 2. The second kappa shape index (κ2) is 7.51. The Balaban J connectivity index is 1.96. The van der Waals surface area contributed by atoms with E-state index in [0.717, 1.165) is 12.1 Å². The molecule has 0 saturated carbocycles. The molecule has 0 bridgehead atoms. The maximum atomic E-state index is 13.6. The van der Waals surface area contributed by atoms with Crippen LogP contribution in [0.25, 0.3) is 0 Å². The number of nitrogens with one attached hydrogen (secondary N) is 1. The van der Waals surface area contributed by atoms with Crippen molar-refractivity contribution >= 4 is 5.91 Å². The number of benzene rings is 2. The summed E-state index contributed by atoms with van der Waals surface area (Å²) in [6, 6.07) is 11.9.